The molecule has 0 bridgehead atoms. The molecule has 0 spiro atoms. The van der Waals surface area contributed by atoms with Crippen molar-refractivity contribution in [2.45, 2.75) is 59.3 Å². The van der Waals surface area contributed by atoms with Crippen LogP contribution in [-0.4, -0.2) is 11.6 Å². The molecule has 0 saturated carbocycles. The van der Waals surface area contributed by atoms with Crippen LogP contribution >= 0.6 is 0 Å². The first kappa shape index (κ1) is 18.1. The van der Waals surface area contributed by atoms with Gasteiger partial charge in [-0.05, 0) is 41.5 Å². The molecule has 4 heteroatoms. The molecule has 0 aromatic heterocycles. The number of Topliss-reactive ketones (excluding diaryl/α,β-unsaturated/α-hetero) is 2. The number of dihydropyridines is 1. The van der Waals surface area contributed by atoms with Crippen LogP contribution in [0.2, 0.25) is 0 Å². The summed E-state index contributed by atoms with van der Waals surface area (Å²) in [7, 11) is 0. The highest BCUT2D eigenvalue weighted by atomic mass is 19.1. The molecule has 1 heterocycles. The van der Waals surface area contributed by atoms with Crippen LogP contribution in [0.25, 0.3) is 0 Å². The van der Waals surface area contributed by atoms with E-state index in [1.165, 1.54) is 12.1 Å². The van der Waals surface area contributed by atoms with Crippen molar-refractivity contribution in [1.29, 1.82) is 0 Å². The number of nitrogens with one attached hydrogen (secondary N) is 1. The average molecular weight is 367 g/mol. The van der Waals surface area contributed by atoms with Gasteiger partial charge in [-0.3, -0.25) is 9.59 Å². The molecule has 1 N–H and O–H groups in total. The first-order valence-electron chi connectivity index (χ1n) is 9.61. The molecule has 142 valence electrons. The molecule has 1 aliphatic heterocycles. The van der Waals surface area contributed by atoms with Gasteiger partial charge >= 0.3 is 0 Å². The Hall–Kier alpha value is -2.23. The predicted molar refractivity (Wildman–Crippen MR) is 102 cm³/mol. The minimum atomic E-state index is -0.411. The van der Waals surface area contributed by atoms with Crippen molar-refractivity contribution in [3.8, 4) is 0 Å². The van der Waals surface area contributed by atoms with Crippen LogP contribution in [0.1, 0.15) is 64.9 Å². The van der Waals surface area contributed by atoms with Gasteiger partial charge in [-0.2, -0.15) is 0 Å². The summed E-state index contributed by atoms with van der Waals surface area (Å²) in [4.78, 5) is 25.8. The normalized spacial score (nSPS) is 26.5. The van der Waals surface area contributed by atoms with Gasteiger partial charge in [0.1, 0.15) is 11.6 Å². The average Bonchev–Trinajstić information content (AvgIpc) is 2.54. The number of halogens is 1. The molecule has 0 saturated heterocycles. The largest absolute Gasteiger partial charge is 0.362 e. The van der Waals surface area contributed by atoms with Crippen LogP contribution < -0.4 is 5.32 Å². The molecule has 27 heavy (non-hydrogen) atoms. The monoisotopic (exact) mass is 367 g/mol. The molecule has 1 unspecified atom stereocenters. The number of hydrogen-bond acceptors (Lipinski definition) is 3. The summed E-state index contributed by atoms with van der Waals surface area (Å²) in [6, 6.07) is 6.36. The minimum absolute atomic E-state index is 0.0890. The second-order valence-corrected chi connectivity index (χ2v) is 9.61. The van der Waals surface area contributed by atoms with E-state index >= 15 is 0 Å². The third-order valence-electron chi connectivity index (χ3n) is 6.17. The van der Waals surface area contributed by atoms with Gasteiger partial charge in [0.25, 0.3) is 0 Å². The summed E-state index contributed by atoms with van der Waals surface area (Å²) in [5.74, 6) is -0.219. The first-order valence-corrected chi connectivity index (χ1v) is 9.61. The minimum Gasteiger partial charge on any atom is -0.362 e. The molecule has 1 aromatic carbocycles. The summed E-state index contributed by atoms with van der Waals surface area (Å²) < 4.78 is 13.5. The molecule has 0 radical (unpaired) electrons. The quantitative estimate of drug-likeness (QED) is 0.776. The van der Waals surface area contributed by atoms with Gasteiger partial charge in [0, 0.05) is 41.1 Å². The van der Waals surface area contributed by atoms with Crippen molar-refractivity contribution < 1.29 is 14.0 Å². The predicted octanol–water partition coefficient (Wildman–Crippen LogP) is 4.80. The Bertz CT molecular complexity index is 903. The van der Waals surface area contributed by atoms with E-state index in [2.05, 4.69) is 19.2 Å². The molecule has 0 fully saturated rings. The van der Waals surface area contributed by atoms with Gasteiger partial charge in [-0.25, -0.2) is 4.39 Å². The van der Waals surface area contributed by atoms with E-state index in [1.54, 1.807) is 12.1 Å². The summed E-state index contributed by atoms with van der Waals surface area (Å²) in [5, 5.41) is 3.54. The smallest absolute Gasteiger partial charge is 0.162 e. The van der Waals surface area contributed by atoms with Gasteiger partial charge < -0.3 is 5.32 Å². The fourth-order valence-corrected chi connectivity index (χ4v) is 4.73. The molecule has 2 aliphatic carbocycles. The Labute approximate surface area is 159 Å². The van der Waals surface area contributed by atoms with E-state index in [-0.39, 0.29) is 28.7 Å². The fourth-order valence-electron chi connectivity index (χ4n) is 4.73. The van der Waals surface area contributed by atoms with Crippen molar-refractivity contribution in [2.75, 3.05) is 0 Å². The lowest BCUT2D eigenvalue weighted by molar-refractivity contribution is -0.127. The maximum absolute atomic E-state index is 13.5. The van der Waals surface area contributed by atoms with Crippen molar-refractivity contribution in [3.05, 3.63) is 58.2 Å². The van der Waals surface area contributed by atoms with Crippen LogP contribution in [-0.2, 0) is 9.59 Å². The molecule has 4 rings (SSSR count). The van der Waals surface area contributed by atoms with E-state index in [4.69, 9.17) is 0 Å². The Kier molecular flexibility index (Phi) is 3.95. The zero-order chi connectivity index (χ0) is 19.6. The summed E-state index contributed by atoms with van der Waals surface area (Å²) in [5.41, 5.74) is 4.19. The zero-order valence-corrected chi connectivity index (χ0v) is 16.4. The summed E-state index contributed by atoms with van der Waals surface area (Å²) >= 11 is 0. The van der Waals surface area contributed by atoms with Gasteiger partial charge in [0.05, 0.1) is 0 Å². The number of hydrogen-bond donors (Lipinski definition) is 1. The molecule has 0 amide bonds. The van der Waals surface area contributed by atoms with Gasteiger partial charge in [0.2, 0.25) is 0 Å². The second kappa shape index (κ2) is 5.88. The maximum atomic E-state index is 13.5. The number of carbonyl (C=O) groups excluding carboxylic acids is 2. The number of allylic oxidation sites excluding steroid dienone is 4. The zero-order valence-electron chi connectivity index (χ0n) is 16.4. The number of rotatable bonds is 1. The highest BCUT2D eigenvalue weighted by Crippen LogP contribution is 2.51. The third kappa shape index (κ3) is 3.05. The van der Waals surface area contributed by atoms with Crippen LogP contribution in [0.5, 0.6) is 0 Å². The molecular weight excluding hydrogens is 341 g/mol. The molecule has 3 nitrogen and oxygen atoms in total. The molecule has 1 atom stereocenters. The van der Waals surface area contributed by atoms with Crippen LogP contribution in [0, 0.1) is 16.6 Å². The lowest BCUT2D eigenvalue weighted by Gasteiger charge is -2.44. The van der Waals surface area contributed by atoms with E-state index in [0.29, 0.717) is 19.3 Å². The van der Waals surface area contributed by atoms with Gasteiger partial charge in [-0.1, -0.05) is 39.8 Å². The number of ketones is 2. The highest BCUT2D eigenvalue weighted by molar-refractivity contribution is 6.01. The van der Waals surface area contributed by atoms with Crippen molar-refractivity contribution in [1.82, 2.24) is 5.32 Å². The van der Waals surface area contributed by atoms with E-state index in [1.807, 2.05) is 13.8 Å². The topological polar surface area (TPSA) is 46.2 Å². The lowest BCUT2D eigenvalue weighted by atomic mass is 9.64. The molecule has 1 aromatic rings. The van der Waals surface area contributed by atoms with Gasteiger partial charge in [-0.15, -0.1) is 0 Å². The first-order chi connectivity index (χ1) is 12.6. The van der Waals surface area contributed by atoms with E-state index in [9.17, 15) is 14.0 Å². The van der Waals surface area contributed by atoms with Crippen LogP contribution in [0.15, 0.2) is 46.8 Å². The highest BCUT2D eigenvalue weighted by Gasteiger charge is 2.45. The third-order valence-corrected chi connectivity index (χ3v) is 6.17. The van der Waals surface area contributed by atoms with E-state index in [0.717, 1.165) is 34.5 Å². The summed E-state index contributed by atoms with van der Waals surface area (Å²) in [6.45, 7) is 8.18. The summed E-state index contributed by atoms with van der Waals surface area (Å²) in [6.07, 6.45) is 2.28. The van der Waals surface area contributed by atoms with Crippen molar-refractivity contribution in [3.63, 3.8) is 0 Å². The van der Waals surface area contributed by atoms with Crippen LogP contribution in [0.4, 0.5) is 4.39 Å². The Morgan fingerprint density at radius 2 is 1.63 bits per heavy atom. The number of benzene rings is 1. The maximum Gasteiger partial charge on any atom is 0.162 e. The molecule has 3 aliphatic rings. The Balaban J connectivity index is 1.88. The van der Waals surface area contributed by atoms with Crippen molar-refractivity contribution in [2.24, 2.45) is 10.8 Å². The van der Waals surface area contributed by atoms with E-state index < -0.39 is 5.41 Å². The SMILES string of the molecule is CC1(C)CC(=O)C2=C(C1)NC1=C(CC(=O)C(C)(C)C1)C2c1ccc(F)cc1. The Morgan fingerprint density at radius 3 is 2.30 bits per heavy atom. The second-order valence-electron chi connectivity index (χ2n) is 9.61. The van der Waals surface area contributed by atoms with Crippen molar-refractivity contribution >= 4 is 11.6 Å². The number of carbonyl (C=O) groups is 2. The fraction of sp³-hybridized carbons (Fsp3) is 0.478. The standard InChI is InChI=1S/C23H26FNO2/c1-22(2)10-17-21(18(26)12-22)20(13-5-7-14(24)8-6-13)15-9-19(27)23(3,4)11-16(15)25-17/h5-8,20,25H,9-12H2,1-4H3. The van der Waals surface area contributed by atoms with Crippen LogP contribution in [0.3, 0.4) is 0 Å². The van der Waals surface area contributed by atoms with Gasteiger partial charge in [0.15, 0.2) is 5.78 Å². The Morgan fingerprint density at radius 1 is 0.963 bits per heavy atom. The lowest BCUT2D eigenvalue weighted by Crippen LogP contribution is -2.42. The molecular formula is C23H26FNO2.